The molecule has 1 aromatic rings. The zero-order valence-electron chi connectivity index (χ0n) is 14.4. The van der Waals surface area contributed by atoms with Gasteiger partial charge in [-0.2, -0.15) is 13.2 Å². The third-order valence-corrected chi connectivity index (χ3v) is 4.60. The van der Waals surface area contributed by atoms with E-state index in [4.69, 9.17) is 9.47 Å². The number of allylic oxidation sites excluding steroid dienone is 2. The van der Waals surface area contributed by atoms with E-state index in [2.05, 4.69) is 5.32 Å². The Morgan fingerprint density at radius 1 is 1.15 bits per heavy atom. The highest BCUT2D eigenvalue weighted by Crippen LogP contribution is 2.44. The van der Waals surface area contributed by atoms with Gasteiger partial charge in [0.15, 0.2) is 0 Å². The lowest BCUT2D eigenvalue weighted by Crippen LogP contribution is -2.38. The minimum absolute atomic E-state index is 0.0118. The fourth-order valence-corrected chi connectivity index (χ4v) is 3.54. The van der Waals surface area contributed by atoms with Gasteiger partial charge in [-0.1, -0.05) is 6.07 Å². The summed E-state index contributed by atoms with van der Waals surface area (Å²) in [6.45, 7) is 4.39. The van der Waals surface area contributed by atoms with Crippen LogP contribution in [0.5, 0.6) is 0 Å². The van der Waals surface area contributed by atoms with Crippen LogP contribution < -0.4 is 5.32 Å². The van der Waals surface area contributed by atoms with Crippen molar-refractivity contribution >= 4 is 23.3 Å². The molecule has 0 radical (unpaired) electrons. The zero-order valence-corrected chi connectivity index (χ0v) is 15.2. The van der Waals surface area contributed by atoms with Gasteiger partial charge in [0.2, 0.25) is 0 Å². The summed E-state index contributed by atoms with van der Waals surface area (Å²) in [5, 5.41) is 3.82. The molecule has 0 fully saturated rings. The quantitative estimate of drug-likeness (QED) is 0.779. The molecular weight excluding hydrogens is 371 g/mol. The van der Waals surface area contributed by atoms with Crippen LogP contribution in [0.25, 0.3) is 0 Å². The van der Waals surface area contributed by atoms with Crippen LogP contribution in [0.3, 0.4) is 0 Å². The van der Waals surface area contributed by atoms with E-state index in [1.165, 1.54) is 13.8 Å². The fraction of sp³-hybridized carbons (Fsp3) is 0.412. The van der Waals surface area contributed by atoms with Crippen LogP contribution in [0.4, 0.5) is 13.2 Å². The van der Waals surface area contributed by atoms with Crippen LogP contribution >= 0.6 is 11.3 Å². The van der Waals surface area contributed by atoms with Crippen molar-refractivity contribution in [2.45, 2.75) is 32.9 Å². The number of carbonyl (C=O) groups excluding carboxylic acids is 2. The summed E-state index contributed by atoms with van der Waals surface area (Å²) in [6.07, 6.45) is -4.82. The SMILES string of the molecule is CCOC(=O)C1=C(C)NC(C(F)(F)F)=C(C(=O)OCC)C1c1cccs1. The number of alkyl halides is 3. The number of thiophene rings is 1. The first kappa shape index (κ1) is 20.0. The molecule has 26 heavy (non-hydrogen) atoms. The summed E-state index contributed by atoms with van der Waals surface area (Å²) >= 11 is 1.14. The first-order valence-corrected chi connectivity index (χ1v) is 8.77. The van der Waals surface area contributed by atoms with Crippen LogP contribution in [0.2, 0.25) is 0 Å². The highest BCUT2D eigenvalue weighted by Gasteiger charge is 2.47. The lowest BCUT2D eigenvalue weighted by Gasteiger charge is -2.31. The number of rotatable bonds is 5. The lowest BCUT2D eigenvalue weighted by molar-refractivity contribution is -0.141. The highest BCUT2D eigenvalue weighted by molar-refractivity contribution is 7.10. The molecule has 1 aliphatic heterocycles. The van der Waals surface area contributed by atoms with Gasteiger partial charge in [-0.05, 0) is 32.2 Å². The van der Waals surface area contributed by atoms with Crippen molar-refractivity contribution in [3.8, 4) is 0 Å². The number of ether oxygens (including phenoxy) is 2. The van der Waals surface area contributed by atoms with Gasteiger partial charge in [-0.15, -0.1) is 11.3 Å². The molecule has 1 N–H and O–H groups in total. The standard InChI is InChI=1S/C17H18F3NO4S/c1-4-24-15(22)11-9(3)21-14(17(18,19)20)13(16(23)25-5-2)12(11)10-7-6-8-26-10/h6-8,12,21H,4-5H2,1-3H3. The number of hydrogen-bond donors (Lipinski definition) is 1. The van der Waals surface area contributed by atoms with E-state index >= 15 is 0 Å². The van der Waals surface area contributed by atoms with Crippen LogP contribution in [0, 0.1) is 0 Å². The van der Waals surface area contributed by atoms with Gasteiger partial charge in [-0.3, -0.25) is 0 Å². The van der Waals surface area contributed by atoms with Crippen molar-refractivity contribution < 1.29 is 32.2 Å². The minimum Gasteiger partial charge on any atom is -0.463 e. The molecule has 5 nitrogen and oxygen atoms in total. The Labute approximate surface area is 152 Å². The maximum atomic E-state index is 13.6. The van der Waals surface area contributed by atoms with Crippen molar-refractivity contribution in [3.63, 3.8) is 0 Å². The van der Waals surface area contributed by atoms with Crippen molar-refractivity contribution in [2.24, 2.45) is 0 Å². The monoisotopic (exact) mass is 389 g/mol. The van der Waals surface area contributed by atoms with Crippen molar-refractivity contribution in [3.05, 3.63) is 44.9 Å². The first-order chi connectivity index (χ1) is 12.2. The van der Waals surface area contributed by atoms with Gasteiger partial charge in [0.05, 0.1) is 30.3 Å². The highest BCUT2D eigenvalue weighted by atomic mass is 32.1. The van der Waals surface area contributed by atoms with Gasteiger partial charge >= 0.3 is 18.1 Å². The molecule has 1 aliphatic rings. The summed E-state index contributed by atoms with van der Waals surface area (Å²) in [7, 11) is 0. The Hall–Kier alpha value is -2.29. The van der Waals surface area contributed by atoms with E-state index in [0.717, 1.165) is 11.3 Å². The Bertz CT molecular complexity index is 751. The van der Waals surface area contributed by atoms with E-state index in [-0.39, 0.29) is 24.5 Å². The predicted octanol–water partition coefficient (Wildman–Crippen LogP) is 3.65. The second-order valence-electron chi connectivity index (χ2n) is 5.34. The molecule has 1 unspecified atom stereocenters. The number of halogens is 3. The summed E-state index contributed by atoms with van der Waals surface area (Å²) < 4.78 is 50.6. The predicted molar refractivity (Wildman–Crippen MR) is 89.2 cm³/mol. The van der Waals surface area contributed by atoms with Gasteiger partial charge in [0, 0.05) is 10.6 Å². The van der Waals surface area contributed by atoms with Gasteiger partial charge in [0.25, 0.3) is 0 Å². The molecule has 0 aromatic carbocycles. The maximum absolute atomic E-state index is 13.6. The van der Waals surface area contributed by atoms with Crippen molar-refractivity contribution in [2.75, 3.05) is 13.2 Å². The molecule has 0 spiro atoms. The largest absolute Gasteiger partial charge is 0.463 e. The van der Waals surface area contributed by atoms with Gasteiger partial charge < -0.3 is 14.8 Å². The topological polar surface area (TPSA) is 64.6 Å². The summed E-state index contributed by atoms with van der Waals surface area (Å²) in [6, 6.07) is 3.20. The summed E-state index contributed by atoms with van der Waals surface area (Å²) in [5.41, 5.74) is -1.91. The Kier molecular flexibility index (Phi) is 6.12. The maximum Gasteiger partial charge on any atom is 0.431 e. The molecule has 2 rings (SSSR count). The molecule has 0 saturated heterocycles. The zero-order chi connectivity index (χ0) is 19.5. The van der Waals surface area contributed by atoms with Crippen molar-refractivity contribution in [1.82, 2.24) is 5.32 Å². The molecule has 2 heterocycles. The second kappa shape index (κ2) is 7.94. The van der Waals surface area contributed by atoms with E-state index in [0.29, 0.717) is 4.88 Å². The number of dihydropyridines is 1. The Balaban J connectivity index is 2.72. The third-order valence-electron chi connectivity index (χ3n) is 3.67. The van der Waals surface area contributed by atoms with Crippen LogP contribution in [-0.2, 0) is 19.1 Å². The average Bonchev–Trinajstić information content (AvgIpc) is 3.07. The number of carbonyl (C=O) groups is 2. The molecule has 0 aliphatic carbocycles. The molecule has 142 valence electrons. The molecule has 9 heteroatoms. The van der Waals surface area contributed by atoms with E-state index in [9.17, 15) is 22.8 Å². The molecule has 0 saturated carbocycles. The third kappa shape index (κ3) is 3.92. The Morgan fingerprint density at radius 2 is 1.73 bits per heavy atom. The Morgan fingerprint density at radius 3 is 2.19 bits per heavy atom. The molecule has 0 amide bonds. The van der Waals surface area contributed by atoms with Crippen LogP contribution in [0.15, 0.2) is 40.1 Å². The number of nitrogens with one attached hydrogen (secondary N) is 1. The molecule has 0 bridgehead atoms. The van der Waals surface area contributed by atoms with Crippen LogP contribution in [-0.4, -0.2) is 31.3 Å². The lowest BCUT2D eigenvalue weighted by atomic mass is 9.84. The summed E-state index contributed by atoms with van der Waals surface area (Å²) in [4.78, 5) is 25.2. The van der Waals surface area contributed by atoms with Crippen LogP contribution in [0.1, 0.15) is 31.6 Å². The fourth-order valence-electron chi connectivity index (χ4n) is 2.70. The number of hydrogen-bond acceptors (Lipinski definition) is 6. The average molecular weight is 389 g/mol. The second-order valence-corrected chi connectivity index (χ2v) is 6.32. The normalized spacial score (nSPS) is 17.8. The minimum atomic E-state index is -4.82. The first-order valence-electron chi connectivity index (χ1n) is 7.89. The van der Waals surface area contributed by atoms with Gasteiger partial charge in [-0.25, -0.2) is 9.59 Å². The summed E-state index contributed by atoms with van der Waals surface area (Å²) in [5.74, 6) is -3.12. The smallest absolute Gasteiger partial charge is 0.431 e. The molecular formula is C17H18F3NO4S. The molecule has 1 aromatic heterocycles. The van der Waals surface area contributed by atoms with E-state index in [1.54, 1.807) is 24.4 Å². The van der Waals surface area contributed by atoms with E-state index in [1.807, 2.05) is 0 Å². The molecule has 1 atom stereocenters. The van der Waals surface area contributed by atoms with E-state index < -0.39 is 35.3 Å². The van der Waals surface area contributed by atoms with Gasteiger partial charge in [0.1, 0.15) is 5.70 Å². The number of esters is 2. The van der Waals surface area contributed by atoms with Crippen molar-refractivity contribution in [1.29, 1.82) is 0 Å².